The van der Waals surface area contributed by atoms with Gasteiger partial charge in [-0.1, -0.05) is 6.42 Å². The minimum Gasteiger partial charge on any atom is -0.396 e. The molecule has 1 unspecified atom stereocenters. The lowest BCUT2D eigenvalue weighted by Crippen LogP contribution is -2.51. The van der Waals surface area contributed by atoms with E-state index in [1.165, 1.54) is 0 Å². The molecular weight excluding hydrogens is 290 g/mol. The van der Waals surface area contributed by atoms with Crippen molar-refractivity contribution in [3.8, 4) is 0 Å². The van der Waals surface area contributed by atoms with E-state index in [0.29, 0.717) is 6.54 Å². The van der Waals surface area contributed by atoms with Crippen molar-refractivity contribution in [3.63, 3.8) is 0 Å². The molecule has 0 aromatic heterocycles. The van der Waals surface area contributed by atoms with Crippen LogP contribution >= 0.6 is 0 Å². The normalized spacial score (nSPS) is 20.3. The number of carbonyl (C=O) groups excluding carboxylic acids is 2. The molecule has 2 N–H and O–H groups in total. The van der Waals surface area contributed by atoms with E-state index in [4.69, 9.17) is 15.2 Å². The molecule has 1 aliphatic rings. The lowest BCUT2D eigenvalue weighted by molar-refractivity contribution is -0.251. The highest BCUT2D eigenvalue weighted by Gasteiger charge is 2.46. The lowest BCUT2D eigenvalue weighted by atomic mass is 9.77. The van der Waals surface area contributed by atoms with Crippen molar-refractivity contribution in [2.45, 2.75) is 58.9 Å². The summed E-state index contributed by atoms with van der Waals surface area (Å²) in [7, 11) is 0. The Kier molecular flexibility index (Phi) is 6.34. The zero-order valence-corrected chi connectivity index (χ0v) is 13.8. The predicted octanol–water partition coefficient (Wildman–Crippen LogP) is 1.75. The third-order valence-corrected chi connectivity index (χ3v) is 4.46. The summed E-state index contributed by atoms with van der Waals surface area (Å²) >= 11 is 0. The second-order valence-corrected chi connectivity index (χ2v) is 6.95. The van der Waals surface area contributed by atoms with Crippen molar-refractivity contribution in [2.24, 2.45) is 11.3 Å². The number of hydrogen-bond acceptors (Lipinski definition) is 7. The predicted molar refractivity (Wildman–Crippen MR) is 78.4 cm³/mol. The monoisotopic (exact) mass is 317 g/mol. The molecule has 0 bridgehead atoms. The van der Waals surface area contributed by atoms with Gasteiger partial charge in [-0.2, -0.15) is 5.26 Å². The first-order valence-electron chi connectivity index (χ1n) is 7.63. The van der Waals surface area contributed by atoms with Gasteiger partial charge in [0.25, 0.3) is 0 Å². The van der Waals surface area contributed by atoms with Crippen LogP contribution in [0.25, 0.3) is 0 Å². The van der Waals surface area contributed by atoms with E-state index < -0.39 is 23.3 Å². The maximum absolute atomic E-state index is 12.5. The second-order valence-electron chi connectivity index (χ2n) is 6.95. The van der Waals surface area contributed by atoms with E-state index in [0.717, 1.165) is 19.3 Å². The molecule has 1 saturated heterocycles. The summed E-state index contributed by atoms with van der Waals surface area (Å²) in [6.45, 7) is 7.43. The molecule has 7 nitrogen and oxygen atoms in total. The van der Waals surface area contributed by atoms with Gasteiger partial charge in [-0.3, -0.25) is 0 Å². The van der Waals surface area contributed by atoms with Gasteiger partial charge in [0.2, 0.25) is 0 Å². The van der Waals surface area contributed by atoms with Crippen LogP contribution in [0, 0.1) is 11.3 Å². The molecule has 1 aliphatic heterocycles. The Morgan fingerprint density at radius 3 is 2.45 bits per heavy atom. The quantitative estimate of drug-likeness (QED) is 0.569. The fourth-order valence-electron chi connectivity index (χ4n) is 2.74. The lowest BCUT2D eigenvalue weighted by Gasteiger charge is -2.42. The molecule has 0 aromatic rings. The Labute approximate surface area is 131 Å². The molecule has 1 heterocycles. The Bertz CT molecular complexity index is 407. The first-order chi connectivity index (χ1) is 10.2. The minimum absolute atomic E-state index is 0.00485. The van der Waals surface area contributed by atoms with Gasteiger partial charge in [0.15, 0.2) is 0 Å². The van der Waals surface area contributed by atoms with Crippen LogP contribution in [-0.4, -0.2) is 46.1 Å². The van der Waals surface area contributed by atoms with E-state index in [1.54, 1.807) is 18.9 Å². The third-order valence-electron chi connectivity index (χ3n) is 4.46. The number of aliphatic hydroxyl groups is 1. The Morgan fingerprint density at radius 1 is 1.32 bits per heavy atom. The fourth-order valence-corrected chi connectivity index (χ4v) is 2.74. The van der Waals surface area contributed by atoms with Crippen LogP contribution < -0.4 is 0 Å². The molecule has 0 aliphatic carbocycles. The molecule has 0 saturated carbocycles. The summed E-state index contributed by atoms with van der Waals surface area (Å²) in [5.41, 5.74) is -1.48. The number of aliphatic hydroxyl groups excluding tert-OH is 1. The molecule has 22 heavy (non-hydrogen) atoms. The van der Waals surface area contributed by atoms with E-state index in [9.17, 15) is 9.59 Å². The third kappa shape index (κ3) is 4.18. The number of hydrogen-bond donors (Lipinski definition) is 2. The van der Waals surface area contributed by atoms with Gasteiger partial charge < -0.3 is 14.8 Å². The highest BCUT2D eigenvalue weighted by Crippen LogP contribution is 2.34. The van der Waals surface area contributed by atoms with Crippen LogP contribution in [0.5, 0.6) is 0 Å². The van der Waals surface area contributed by atoms with Crippen molar-refractivity contribution in [1.29, 1.82) is 0 Å². The SMILES string of the molecule is CC(C)(C(=O)ON1CCCCC1(C)C)C(CCO)C(=O)OO. The highest BCUT2D eigenvalue weighted by atomic mass is 17.1. The number of piperidine rings is 1. The van der Waals surface area contributed by atoms with E-state index in [1.807, 2.05) is 13.8 Å². The van der Waals surface area contributed by atoms with Gasteiger partial charge in [0.1, 0.15) is 0 Å². The molecule has 1 fully saturated rings. The average Bonchev–Trinajstić information content (AvgIpc) is 2.45. The van der Waals surface area contributed by atoms with E-state index in [-0.39, 0.29) is 18.6 Å². The van der Waals surface area contributed by atoms with Crippen molar-refractivity contribution in [2.75, 3.05) is 13.2 Å². The van der Waals surface area contributed by atoms with Gasteiger partial charge in [-0.15, -0.1) is 5.06 Å². The molecule has 0 aromatic carbocycles. The van der Waals surface area contributed by atoms with Crippen LogP contribution in [0.3, 0.4) is 0 Å². The molecule has 7 heteroatoms. The summed E-state index contributed by atoms with van der Waals surface area (Å²) in [5, 5.41) is 19.3. The van der Waals surface area contributed by atoms with Crippen LogP contribution in [0.4, 0.5) is 0 Å². The summed E-state index contributed by atoms with van der Waals surface area (Å²) in [5.74, 6) is -2.51. The van der Waals surface area contributed by atoms with E-state index >= 15 is 0 Å². The van der Waals surface area contributed by atoms with Crippen molar-refractivity contribution < 1.29 is 29.7 Å². The molecule has 128 valence electrons. The highest BCUT2D eigenvalue weighted by molar-refractivity contribution is 5.84. The Balaban J connectivity index is 2.85. The summed E-state index contributed by atoms with van der Waals surface area (Å²) < 4.78 is 0. The van der Waals surface area contributed by atoms with Gasteiger partial charge in [0.05, 0.1) is 16.9 Å². The van der Waals surface area contributed by atoms with Gasteiger partial charge in [-0.05, 0) is 47.0 Å². The zero-order valence-electron chi connectivity index (χ0n) is 13.8. The molecule has 0 amide bonds. The molecule has 1 rings (SSSR count). The van der Waals surface area contributed by atoms with Gasteiger partial charge >= 0.3 is 11.9 Å². The van der Waals surface area contributed by atoms with Crippen LogP contribution in [0.2, 0.25) is 0 Å². The fraction of sp³-hybridized carbons (Fsp3) is 0.867. The van der Waals surface area contributed by atoms with Crippen LogP contribution in [0.15, 0.2) is 0 Å². The first kappa shape index (κ1) is 18.9. The molecule has 0 radical (unpaired) electrons. The number of hydroxylamine groups is 2. The van der Waals surface area contributed by atoms with Crippen molar-refractivity contribution in [1.82, 2.24) is 5.06 Å². The summed E-state index contributed by atoms with van der Waals surface area (Å²) in [4.78, 5) is 33.5. The topological polar surface area (TPSA) is 96.3 Å². The first-order valence-corrected chi connectivity index (χ1v) is 7.63. The van der Waals surface area contributed by atoms with E-state index in [2.05, 4.69) is 4.89 Å². The molecule has 1 atom stereocenters. The van der Waals surface area contributed by atoms with Gasteiger partial charge in [0, 0.05) is 13.2 Å². The Hall–Kier alpha value is -1.18. The van der Waals surface area contributed by atoms with Gasteiger partial charge in [-0.25, -0.2) is 9.59 Å². The second kappa shape index (κ2) is 7.39. The number of rotatable bonds is 6. The van der Waals surface area contributed by atoms with Crippen molar-refractivity contribution in [3.05, 3.63) is 0 Å². The molecule has 0 spiro atoms. The Morgan fingerprint density at radius 2 is 1.95 bits per heavy atom. The standard InChI is InChI=1S/C15H27NO6/c1-14(2)8-5-6-9-16(14)21-13(19)15(3,4)11(7-10-17)12(18)22-20/h11,17,20H,5-10H2,1-4H3. The zero-order chi connectivity index (χ0) is 17.0. The smallest absolute Gasteiger partial charge is 0.346 e. The van der Waals surface area contributed by atoms with Crippen LogP contribution in [-0.2, 0) is 19.3 Å². The number of carbonyl (C=O) groups is 2. The average molecular weight is 317 g/mol. The maximum atomic E-state index is 12.5. The summed E-state index contributed by atoms with van der Waals surface area (Å²) in [6, 6.07) is 0. The summed E-state index contributed by atoms with van der Waals surface area (Å²) in [6.07, 6.45) is 2.94. The largest absolute Gasteiger partial charge is 0.396 e. The van der Waals surface area contributed by atoms with Crippen molar-refractivity contribution >= 4 is 11.9 Å². The number of nitrogens with zero attached hydrogens (tertiary/aromatic N) is 1. The molecular formula is C15H27NO6. The minimum atomic E-state index is -1.23. The maximum Gasteiger partial charge on any atom is 0.346 e. The van der Waals surface area contributed by atoms with Crippen LogP contribution in [0.1, 0.15) is 53.4 Å².